The van der Waals surface area contributed by atoms with E-state index < -0.39 is 5.97 Å². The fraction of sp³-hybridized carbons (Fsp3) is 0.733. The number of allylic oxidation sites excluding steroid dienone is 2. The van der Waals surface area contributed by atoms with Gasteiger partial charge < -0.3 is 14.6 Å². The van der Waals surface area contributed by atoms with Gasteiger partial charge in [0.15, 0.2) is 0 Å². The first-order valence-electron chi connectivity index (χ1n) is 7.18. The Kier molecular flexibility index (Phi) is 5.14. The Morgan fingerprint density at radius 1 is 1.16 bits per heavy atom. The molecule has 0 aromatic carbocycles. The van der Waals surface area contributed by atoms with Crippen LogP contribution in [0.1, 0.15) is 44.9 Å². The zero-order valence-corrected chi connectivity index (χ0v) is 11.2. The van der Waals surface area contributed by atoms with Crippen LogP contribution in [-0.4, -0.2) is 29.6 Å². The fourth-order valence-electron chi connectivity index (χ4n) is 3.38. The number of aliphatic carboxylic acids is 1. The SMILES string of the molecule is O=CC[C@@H]1[C@H](CC=CCCCC(=O)O)[C@@H]2CC[C@H]1O2. The summed E-state index contributed by atoms with van der Waals surface area (Å²) in [6, 6.07) is 0. The second-order valence-electron chi connectivity index (χ2n) is 5.51. The van der Waals surface area contributed by atoms with Crippen molar-refractivity contribution in [1.29, 1.82) is 0 Å². The number of hydrogen-bond donors (Lipinski definition) is 1. The number of carbonyl (C=O) groups excluding carboxylic acids is 1. The number of carboxylic acids is 1. The molecule has 2 rings (SSSR count). The van der Waals surface area contributed by atoms with Crippen molar-refractivity contribution in [2.45, 2.75) is 57.2 Å². The molecule has 0 aliphatic carbocycles. The van der Waals surface area contributed by atoms with Crippen LogP contribution in [0, 0.1) is 11.8 Å². The number of ether oxygens (including phenoxy) is 1. The average molecular weight is 266 g/mol. The van der Waals surface area contributed by atoms with Gasteiger partial charge in [-0.25, -0.2) is 0 Å². The molecular formula is C15H22O4. The Balaban J connectivity index is 1.73. The van der Waals surface area contributed by atoms with Crippen molar-refractivity contribution >= 4 is 12.3 Å². The fourth-order valence-corrected chi connectivity index (χ4v) is 3.38. The summed E-state index contributed by atoms with van der Waals surface area (Å²) >= 11 is 0. The maximum absolute atomic E-state index is 10.7. The molecule has 0 amide bonds. The van der Waals surface area contributed by atoms with E-state index in [1.165, 1.54) is 0 Å². The van der Waals surface area contributed by atoms with E-state index in [1.807, 2.05) is 0 Å². The van der Waals surface area contributed by atoms with Crippen LogP contribution in [0.25, 0.3) is 0 Å². The lowest BCUT2D eigenvalue weighted by molar-refractivity contribution is -0.137. The van der Waals surface area contributed by atoms with E-state index in [9.17, 15) is 9.59 Å². The van der Waals surface area contributed by atoms with Crippen LogP contribution in [0.2, 0.25) is 0 Å². The molecule has 4 heteroatoms. The topological polar surface area (TPSA) is 63.6 Å². The Bertz CT molecular complexity index is 350. The van der Waals surface area contributed by atoms with Gasteiger partial charge >= 0.3 is 5.97 Å². The average Bonchev–Trinajstić information content (AvgIpc) is 2.95. The quantitative estimate of drug-likeness (QED) is 0.416. The molecule has 0 aromatic heterocycles. The Hall–Kier alpha value is -1.16. The van der Waals surface area contributed by atoms with Crippen molar-refractivity contribution in [2.75, 3.05) is 0 Å². The minimum atomic E-state index is -0.735. The van der Waals surface area contributed by atoms with Gasteiger partial charge in [-0.2, -0.15) is 0 Å². The molecule has 0 aromatic rings. The van der Waals surface area contributed by atoms with E-state index in [0.29, 0.717) is 36.9 Å². The number of fused-ring (bicyclic) bond motifs is 2. The monoisotopic (exact) mass is 266 g/mol. The number of rotatable bonds is 8. The number of unbranched alkanes of at least 4 members (excludes halogenated alkanes) is 1. The summed E-state index contributed by atoms with van der Waals surface area (Å²) < 4.78 is 5.89. The molecule has 2 aliphatic heterocycles. The Labute approximate surface area is 113 Å². The lowest BCUT2D eigenvalue weighted by Crippen LogP contribution is -2.27. The first-order chi connectivity index (χ1) is 9.22. The summed E-state index contributed by atoms with van der Waals surface area (Å²) in [5.74, 6) is 0.126. The summed E-state index contributed by atoms with van der Waals surface area (Å²) in [6.45, 7) is 0. The van der Waals surface area contributed by atoms with Crippen LogP contribution < -0.4 is 0 Å². The van der Waals surface area contributed by atoms with Crippen LogP contribution in [0.4, 0.5) is 0 Å². The third-order valence-electron chi connectivity index (χ3n) is 4.30. The Morgan fingerprint density at radius 3 is 2.47 bits per heavy atom. The maximum atomic E-state index is 10.7. The maximum Gasteiger partial charge on any atom is 0.303 e. The van der Waals surface area contributed by atoms with Crippen molar-refractivity contribution in [3.05, 3.63) is 12.2 Å². The van der Waals surface area contributed by atoms with E-state index in [4.69, 9.17) is 9.84 Å². The van der Waals surface area contributed by atoms with Crippen LogP contribution in [0.15, 0.2) is 12.2 Å². The molecule has 2 heterocycles. The molecule has 2 fully saturated rings. The molecule has 0 radical (unpaired) electrons. The minimum absolute atomic E-state index is 0.231. The highest BCUT2D eigenvalue weighted by Gasteiger charge is 2.47. The van der Waals surface area contributed by atoms with Gasteiger partial charge in [0.25, 0.3) is 0 Å². The molecule has 2 saturated heterocycles. The molecule has 0 unspecified atom stereocenters. The first-order valence-corrected chi connectivity index (χ1v) is 7.18. The highest BCUT2D eigenvalue weighted by atomic mass is 16.5. The van der Waals surface area contributed by atoms with Gasteiger partial charge in [0, 0.05) is 12.8 Å². The highest BCUT2D eigenvalue weighted by Crippen LogP contribution is 2.46. The zero-order valence-electron chi connectivity index (χ0n) is 11.2. The third-order valence-corrected chi connectivity index (χ3v) is 4.30. The third kappa shape index (κ3) is 3.66. The molecule has 0 saturated carbocycles. The summed E-state index contributed by atoms with van der Waals surface area (Å²) in [7, 11) is 0. The highest BCUT2D eigenvalue weighted by molar-refractivity contribution is 5.66. The molecule has 4 nitrogen and oxygen atoms in total. The molecule has 1 N–H and O–H groups in total. The van der Waals surface area contributed by atoms with Gasteiger partial charge in [-0.05, 0) is 43.9 Å². The van der Waals surface area contributed by atoms with Gasteiger partial charge in [-0.1, -0.05) is 12.2 Å². The lowest BCUT2D eigenvalue weighted by Gasteiger charge is -2.25. The van der Waals surface area contributed by atoms with Gasteiger partial charge in [-0.3, -0.25) is 4.79 Å². The van der Waals surface area contributed by atoms with Gasteiger partial charge in [0.1, 0.15) is 6.29 Å². The second kappa shape index (κ2) is 6.85. The number of carboxylic acid groups (broad SMARTS) is 1. The Morgan fingerprint density at radius 2 is 1.84 bits per heavy atom. The largest absolute Gasteiger partial charge is 0.481 e. The molecular weight excluding hydrogens is 244 g/mol. The van der Waals surface area contributed by atoms with Crippen molar-refractivity contribution in [3.8, 4) is 0 Å². The minimum Gasteiger partial charge on any atom is -0.481 e. The van der Waals surface area contributed by atoms with E-state index in [-0.39, 0.29) is 6.42 Å². The summed E-state index contributed by atoms with van der Waals surface area (Å²) in [5.41, 5.74) is 0. The van der Waals surface area contributed by atoms with Crippen LogP contribution >= 0.6 is 0 Å². The molecule has 106 valence electrons. The molecule has 0 spiro atoms. The van der Waals surface area contributed by atoms with E-state index >= 15 is 0 Å². The molecule has 2 bridgehead atoms. The number of aldehydes is 1. The van der Waals surface area contributed by atoms with Crippen LogP contribution in [0.5, 0.6) is 0 Å². The predicted octanol–water partition coefficient (Wildman–Crippen LogP) is 2.57. The second-order valence-corrected chi connectivity index (χ2v) is 5.51. The summed E-state index contributed by atoms with van der Waals surface area (Å²) in [4.78, 5) is 21.1. The number of hydrogen-bond acceptors (Lipinski definition) is 3. The zero-order chi connectivity index (χ0) is 13.7. The van der Waals surface area contributed by atoms with Crippen molar-refractivity contribution in [1.82, 2.24) is 0 Å². The lowest BCUT2D eigenvalue weighted by atomic mass is 9.76. The smallest absolute Gasteiger partial charge is 0.303 e. The van der Waals surface area contributed by atoms with Crippen molar-refractivity contribution in [3.63, 3.8) is 0 Å². The molecule has 4 atom stereocenters. The molecule has 19 heavy (non-hydrogen) atoms. The van der Waals surface area contributed by atoms with E-state index in [2.05, 4.69) is 12.2 Å². The van der Waals surface area contributed by atoms with Crippen molar-refractivity contribution in [2.24, 2.45) is 11.8 Å². The van der Waals surface area contributed by atoms with E-state index in [1.54, 1.807) is 0 Å². The van der Waals surface area contributed by atoms with Gasteiger partial charge in [-0.15, -0.1) is 0 Å². The predicted molar refractivity (Wildman–Crippen MR) is 70.8 cm³/mol. The van der Waals surface area contributed by atoms with Crippen LogP contribution in [-0.2, 0) is 14.3 Å². The first kappa shape index (κ1) is 14.3. The van der Waals surface area contributed by atoms with E-state index in [0.717, 1.165) is 32.0 Å². The summed E-state index contributed by atoms with van der Waals surface area (Å²) in [6.07, 6.45) is 11.3. The van der Waals surface area contributed by atoms with Crippen molar-refractivity contribution < 1.29 is 19.4 Å². The standard InChI is InChI=1S/C15H22O4/c16-10-9-12-11(13-7-8-14(12)19-13)5-3-1-2-4-6-15(17)18/h1,3,10-14H,2,4-9H2,(H,17,18)/t11-,12+,13-,14+/m0/s1. The normalized spacial score (nSPS) is 33.1. The molecule has 2 aliphatic rings. The van der Waals surface area contributed by atoms with Gasteiger partial charge in [0.05, 0.1) is 12.2 Å². The van der Waals surface area contributed by atoms with Crippen LogP contribution in [0.3, 0.4) is 0 Å². The summed E-state index contributed by atoms with van der Waals surface area (Å²) in [5, 5.41) is 8.53. The number of carbonyl (C=O) groups is 2. The van der Waals surface area contributed by atoms with Gasteiger partial charge in [0.2, 0.25) is 0 Å².